The molecule has 8 heteroatoms. The quantitative estimate of drug-likeness (QED) is 0.626. The van der Waals surface area contributed by atoms with Crippen LogP contribution in [0.3, 0.4) is 0 Å². The van der Waals surface area contributed by atoms with Gasteiger partial charge in [-0.05, 0) is 61.3 Å². The molecule has 31 heavy (non-hydrogen) atoms. The highest BCUT2D eigenvalue weighted by Crippen LogP contribution is 2.59. The van der Waals surface area contributed by atoms with Gasteiger partial charge in [-0.25, -0.2) is 9.97 Å². The summed E-state index contributed by atoms with van der Waals surface area (Å²) < 4.78 is 5.30. The first kappa shape index (κ1) is 20.0. The predicted molar refractivity (Wildman–Crippen MR) is 117 cm³/mol. The molecule has 0 aliphatic heterocycles. The summed E-state index contributed by atoms with van der Waals surface area (Å²) in [6.07, 6.45) is 9.50. The Morgan fingerprint density at radius 2 is 2.03 bits per heavy atom. The van der Waals surface area contributed by atoms with Crippen LogP contribution in [0.15, 0.2) is 24.5 Å². The maximum absolute atomic E-state index is 9.55. The van der Waals surface area contributed by atoms with Gasteiger partial charge in [-0.2, -0.15) is 10.2 Å². The Balaban J connectivity index is 1.29. The van der Waals surface area contributed by atoms with Crippen LogP contribution in [0.1, 0.15) is 43.2 Å². The fraction of sp³-hybridized carbons (Fsp3) is 0.565. The van der Waals surface area contributed by atoms with E-state index < -0.39 is 0 Å². The number of aromatic nitrogens is 3. The number of ether oxygens (including phenoxy) is 1. The van der Waals surface area contributed by atoms with Gasteiger partial charge in [-0.15, -0.1) is 0 Å². The summed E-state index contributed by atoms with van der Waals surface area (Å²) in [5.74, 6) is 3.76. The molecule has 1 unspecified atom stereocenters. The largest absolute Gasteiger partial charge is 0.481 e. The van der Waals surface area contributed by atoms with Crippen molar-refractivity contribution in [1.82, 2.24) is 15.0 Å². The van der Waals surface area contributed by atoms with Gasteiger partial charge in [0, 0.05) is 30.9 Å². The molecule has 4 saturated carbocycles. The van der Waals surface area contributed by atoms with Crippen LogP contribution >= 0.6 is 0 Å². The maximum Gasteiger partial charge on any atom is 0.224 e. The van der Waals surface area contributed by atoms with Crippen molar-refractivity contribution in [2.45, 2.75) is 44.7 Å². The SMILES string of the molecule is COc1ncccc1CNc1ncc(C#N)c(NC[C@]23CC4C[C@H](C2)[C@@H](N)[C@@H](C4)C3)n1. The molecular weight excluding hydrogens is 390 g/mol. The van der Waals surface area contributed by atoms with Crippen molar-refractivity contribution in [1.29, 1.82) is 5.26 Å². The third-order valence-corrected chi connectivity index (χ3v) is 7.49. The Labute approximate surface area is 182 Å². The average Bonchev–Trinajstić information content (AvgIpc) is 2.79. The summed E-state index contributed by atoms with van der Waals surface area (Å²) in [4.78, 5) is 13.1. The molecule has 0 spiro atoms. The van der Waals surface area contributed by atoms with E-state index in [1.165, 1.54) is 32.1 Å². The van der Waals surface area contributed by atoms with Crippen molar-refractivity contribution in [3.63, 3.8) is 0 Å². The topological polar surface area (TPSA) is 122 Å². The van der Waals surface area contributed by atoms with Crippen LogP contribution in [0.4, 0.5) is 11.8 Å². The van der Waals surface area contributed by atoms with E-state index in [4.69, 9.17) is 10.5 Å². The summed E-state index contributed by atoms with van der Waals surface area (Å²) in [6.45, 7) is 1.32. The summed E-state index contributed by atoms with van der Waals surface area (Å²) in [6, 6.07) is 6.40. The van der Waals surface area contributed by atoms with Gasteiger partial charge in [-0.3, -0.25) is 0 Å². The monoisotopic (exact) mass is 419 g/mol. The Morgan fingerprint density at radius 1 is 1.23 bits per heavy atom. The van der Waals surface area contributed by atoms with Gasteiger partial charge in [0.25, 0.3) is 0 Å². The van der Waals surface area contributed by atoms with E-state index in [0.717, 1.165) is 18.0 Å². The second-order valence-electron chi connectivity index (χ2n) is 9.49. The number of hydrogen-bond donors (Lipinski definition) is 3. The number of pyridine rings is 1. The summed E-state index contributed by atoms with van der Waals surface area (Å²) >= 11 is 0. The smallest absolute Gasteiger partial charge is 0.224 e. The Kier molecular flexibility index (Phi) is 5.14. The standard InChI is InChI=1S/C23H29N7O/c1-31-21-15(3-2-4-26-21)11-27-22-28-12-18(10-24)20(30-22)29-13-23-7-14-5-16(8-23)19(25)17(6-14)9-23/h2-4,12,14,16-17,19H,5-9,11,13,25H2,1H3,(H2,27,28,29,30)/t14?,16-,17+,19-,23-. The highest BCUT2D eigenvalue weighted by Gasteiger charge is 2.54. The molecule has 5 atom stereocenters. The highest BCUT2D eigenvalue weighted by atomic mass is 16.5. The van der Waals surface area contributed by atoms with Gasteiger partial charge in [0.15, 0.2) is 0 Å². The number of hydrogen-bond acceptors (Lipinski definition) is 8. The fourth-order valence-corrected chi connectivity index (χ4v) is 6.32. The Bertz CT molecular complexity index is 988. The van der Waals surface area contributed by atoms with Crippen molar-refractivity contribution in [2.24, 2.45) is 28.9 Å². The average molecular weight is 420 g/mol. The third-order valence-electron chi connectivity index (χ3n) is 7.49. The first-order chi connectivity index (χ1) is 15.1. The van der Waals surface area contributed by atoms with Crippen molar-refractivity contribution in [3.8, 4) is 11.9 Å². The number of rotatable bonds is 7. The van der Waals surface area contributed by atoms with Crippen LogP contribution in [-0.2, 0) is 6.54 Å². The maximum atomic E-state index is 9.55. The molecule has 0 saturated heterocycles. The minimum Gasteiger partial charge on any atom is -0.481 e. The second kappa shape index (κ2) is 7.97. The van der Waals surface area contributed by atoms with E-state index in [9.17, 15) is 5.26 Å². The van der Waals surface area contributed by atoms with E-state index in [1.54, 1.807) is 19.5 Å². The van der Waals surface area contributed by atoms with Gasteiger partial charge < -0.3 is 21.1 Å². The summed E-state index contributed by atoms with van der Waals surface area (Å²) in [7, 11) is 1.60. The molecule has 4 N–H and O–H groups in total. The predicted octanol–water partition coefficient (Wildman–Crippen LogP) is 2.93. The molecule has 2 aromatic rings. The highest BCUT2D eigenvalue weighted by molar-refractivity contribution is 5.53. The first-order valence-corrected chi connectivity index (χ1v) is 11.1. The van der Waals surface area contributed by atoms with Crippen LogP contribution in [0, 0.1) is 34.5 Å². The Hall–Kier alpha value is -2.92. The zero-order valence-electron chi connectivity index (χ0n) is 17.8. The molecular formula is C23H29N7O. The molecule has 0 amide bonds. The van der Waals surface area contributed by atoms with Crippen LogP contribution in [0.25, 0.3) is 0 Å². The molecule has 2 heterocycles. The molecule has 162 valence electrons. The zero-order chi connectivity index (χ0) is 21.4. The second-order valence-corrected chi connectivity index (χ2v) is 9.49. The van der Waals surface area contributed by atoms with Crippen LogP contribution in [0.5, 0.6) is 5.88 Å². The van der Waals surface area contributed by atoms with E-state index in [2.05, 4.69) is 31.7 Å². The summed E-state index contributed by atoms with van der Waals surface area (Å²) in [5, 5.41) is 16.3. The molecule has 4 fully saturated rings. The third kappa shape index (κ3) is 3.79. The molecule has 0 radical (unpaired) electrons. The molecule has 2 aromatic heterocycles. The molecule has 4 aliphatic rings. The van der Waals surface area contributed by atoms with E-state index >= 15 is 0 Å². The van der Waals surface area contributed by atoms with Gasteiger partial charge in [0.2, 0.25) is 11.8 Å². The number of anilines is 2. The van der Waals surface area contributed by atoms with Gasteiger partial charge in [0.1, 0.15) is 17.5 Å². The zero-order valence-corrected chi connectivity index (χ0v) is 17.8. The molecule has 4 bridgehead atoms. The lowest BCUT2D eigenvalue weighted by molar-refractivity contribution is -0.0591. The minimum absolute atomic E-state index is 0.278. The van der Waals surface area contributed by atoms with Crippen LogP contribution in [-0.4, -0.2) is 34.6 Å². The van der Waals surface area contributed by atoms with Crippen molar-refractivity contribution < 1.29 is 4.74 Å². The van der Waals surface area contributed by atoms with E-state index in [-0.39, 0.29) is 5.41 Å². The number of nitriles is 1. The lowest BCUT2D eigenvalue weighted by Crippen LogP contribution is -2.58. The van der Waals surface area contributed by atoms with E-state index in [1.807, 2.05) is 12.1 Å². The molecule has 4 aliphatic carbocycles. The molecule has 6 rings (SSSR count). The molecule has 0 aromatic carbocycles. The fourth-order valence-electron chi connectivity index (χ4n) is 6.32. The van der Waals surface area contributed by atoms with Crippen molar-refractivity contribution in [2.75, 3.05) is 24.3 Å². The normalized spacial score (nSPS) is 30.6. The minimum atomic E-state index is 0.278. The van der Waals surface area contributed by atoms with Gasteiger partial charge in [-0.1, -0.05) is 6.07 Å². The number of nitrogens with zero attached hydrogens (tertiary/aromatic N) is 4. The summed E-state index contributed by atoms with van der Waals surface area (Å²) in [5.41, 5.74) is 8.15. The van der Waals surface area contributed by atoms with Crippen molar-refractivity contribution >= 4 is 11.8 Å². The first-order valence-electron chi connectivity index (χ1n) is 11.1. The molecule has 8 nitrogen and oxygen atoms in total. The Morgan fingerprint density at radius 3 is 2.77 bits per heavy atom. The van der Waals surface area contributed by atoms with Crippen molar-refractivity contribution in [3.05, 3.63) is 35.7 Å². The van der Waals surface area contributed by atoms with Gasteiger partial charge in [0.05, 0.1) is 13.3 Å². The number of methoxy groups -OCH3 is 1. The van der Waals surface area contributed by atoms with Gasteiger partial charge >= 0.3 is 0 Å². The lowest BCUT2D eigenvalue weighted by Gasteiger charge is -2.59. The lowest BCUT2D eigenvalue weighted by atomic mass is 9.48. The number of nitrogens with two attached hydrogens (primary N) is 1. The van der Waals surface area contributed by atoms with E-state index in [0.29, 0.717) is 47.6 Å². The van der Waals surface area contributed by atoms with Crippen LogP contribution in [0.2, 0.25) is 0 Å². The van der Waals surface area contributed by atoms with Crippen LogP contribution < -0.4 is 21.1 Å². The number of nitrogens with one attached hydrogen (secondary N) is 2.